The van der Waals surface area contributed by atoms with Gasteiger partial charge in [-0.2, -0.15) is 0 Å². The van der Waals surface area contributed by atoms with Gasteiger partial charge in [-0.15, -0.1) is 0 Å². The smallest absolute Gasteiger partial charge is 0.306 e. The Bertz CT molecular complexity index is 1170. The van der Waals surface area contributed by atoms with Gasteiger partial charge in [0.2, 0.25) is 0 Å². The fourth-order valence-electron chi connectivity index (χ4n) is 3.91. The summed E-state index contributed by atoms with van der Waals surface area (Å²) in [6, 6.07) is 12.3. The van der Waals surface area contributed by atoms with Crippen molar-refractivity contribution in [1.29, 1.82) is 0 Å². The number of hydrogen-bond donors (Lipinski definition) is 0. The fraction of sp³-hybridized carbons (Fsp3) is 0.346. The van der Waals surface area contributed by atoms with Gasteiger partial charge in [0.25, 0.3) is 0 Å². The number of benzene rings is 2. The molecule has 2 aromatic carbocycles. The largest absolute Gasteiger partial charge is 0.497 e. The second-order valence-corrected chi connectivity index (χ2v) is 8.91. The highest BCUT2D eigenvalue weighted by Crippen LogP contribution is 2.45. The molecule has 8 heteroatoms. The van der Waals surface area contributed by atoms with Gasteiger partial charge < -0.3 is 14.2 Å². The van der Waals surface area contributed by atoms with Crippen molar-refractivity contribution >= 4 is 21.9 Å². The van der Waals surface area contributed by atoms with E-state index < -0.39 is 5.82 Å². The third-order valence-corrected chi connectivity index (χ3v) is 6.32. The zero-order valence-electron chi connectivity index (χ0n) is 19.1. The molecule has 0 spiro atoms. The molecule has 0 aliphatic heterocycles. The average molecular weight is 529 g/mol. The predicted molar refractivity (Wildman–Crippen MR) is 129 cm³/mol. The lowest BCUT2D eigenvalue weighted by Gasteiger charge is -2.17. The zero-order chi connectivity index (χ0) is 24.1. The maximum absolute atomic E-state index is 14.3. The Morgan fingerprint density at radius 1 is 1.21 bits per heavy atom. The summed E-state index contributed by atoms with van der Waals surface area (Å²) in [4.78, 5) is 20.9. The number of halogens is 2. The van der Waals surface area contributed by atoms with Gasteiger partial charge in [-0.3, -0.25) is 9.78 Å². The number of carbonyl (C=O) groups is 1. The van der Waals surface area contributed by atoms with Crippen LogP contribution in [-0.2, 0) is 16.1 Å². The van der Waals surface area contributed by atoms with E-state index in [1.807, 2.05) is 31.2 Å². The highest BCUT2D eigenvalue weighted by atomic mass is 79.9. The van der Waals surface area contributed by atoms with Gasteiger partial charge in [0.05, 0.1) is 32.0 Å². The molecule has 178 valence electrons. The summed E-state index contributed by atoms with van der Waals surface area (Å²) in [5, 5.41) is 0. The minimum absolute atomic E-state index is 0.133. The van der Waals surface area contributed by atoms with Gasteiger partial charge in [0.15, 0.2) is 0 Å². The molecule has 1 heterocycles. The highest BCUT2D eigenvalue weighted by molar-refractivity contribution is 9.10. The van der Waals surface area contributed by atoms with E-state index in [0.717, 1.165) is 18.4 Å². The van der Waals surface area contributed by atoms with Crippen LogP contribution in [0.5, 0.6) is 11.5 Å². The minimum atomic E-state index is -0.412. The van der Waals surface area contributed by atoms with E-state index in [4.69, 9.17) is 14.2 Å². The molecule has 0 amide bonds. The molecule has 1 aromatic heterocycles. The standard InChI is InChI=1S/C26H26BrFN2O4/c1-3-33-24(31)13-21(16-7-8-16)17-5-4-6-20(11-17)34-15-18-14-29-25(26(27)30-18)22-12-19(32-2)9-10-23(22)28/h4-6,9-12,14,16,21H,3,7-8,13,15H2,1-2H3. The highest BCUT2D eigenvalue weighted by Gasteiger charge is 2.34. The monoisotopic (exact) mass is 528 g/mol. The summed E-state index contributed by atoms with van der Waals surface area (Å²) in [5.41, 5.74) is 2.35. The van der Waals surface area contributed by atoms with E-state index >= 15 is 0 Å². The summed E-state index contributed by atoms with van der Waals surface area (Å²) in [5.74, 6) is 1.28. The molecule has 0 saturated heterocycles. The minimum Gasteiger partial charge on any atom is -0.497 e. The first-order valence-corrected chi connectivity index (χ1v) is 12.0. The molecule has 0 radical (unpaired) electrons. The molecule has 1 saturated carbocycles. The van der Waals surface area contributed by atoms with E-state index in [0.29, 0.717) is 52.0 Å². The van der Waals surface area contributed by atoms with Crippen molar-refractivity contribution in [3.8, 4) is 22.8 Å². The van der Waals surface area contributed by atoms with Crippen LogP contribution in [0.2, 0.25) is 0 Å². The number of methoxy groups -OCH3 is 1. The summed E-state index contributed by atoms with van der Waals surface area (Å²) in [6.07, 6.45) is 4.19. The van der Waals surface area contributed by atoms with Crippen LogP contribution in [0, 0.1) is 11.7 Å². The first-order valence-electron chi connectivity index (χ1n) is 11.2. The van der Waals surface area contributed by atoms with E-state index in [2.05, 4.69) is 25.9 Å². The van der Waals surface area contributed by atoms with Gasteiger partial charge in [-0.25, -0.2) is 9.37 Å². The van der Waals surface area contributed by atoms with Crippen LogP contribution in [-0.4, -0.2) is 29.7 Å². The number of nitrogens with zero attached hydrogens (tertiary/aromatic N) is 2. The molecular formula is C26H26BrFN2O4. The summed E-state index contributed by atoms with van der Waals surface area (Å²) in [6.45, 7) is 2.40. The number of ether oxygens (including phenoxy) is 3. The van der Waals surface area contributed by atoms with Crippen molar-refractivity contribution in [1.82, 2.24) is 9.97 Å². The summed E-state index contributed by atoms with van der Waals surface area (Å²) in [7, 11) is 1.52. The Labute approximate surface area is 206 Å². The summed E-state index contributed by atoms with van der Waals surface area (Å²) < 4.78 is 31.1. The molecule has 0 bridgehead atoms. The first kappa shape index (κ1) is 24.1. The normalized spacial score (nSPS) is 13.9. The maximum atomic E-state index is 14.3. The molecule has 3 aromatic rings. The lowest BCUT2D eigenvalue weighted by molar-refractivity contribution is -0.143. The lowest BCUT2D eigenvalue weighted by Crippen LogP contribution is -2.12. The number of rotatable bonds is 10. The SMILES string of the molecule is CCOC(=O)CC(c1cccc(OCc2cnc(-c3cc(OC)ccc3F)c(Br)n2)c1)C1CC1. The quantitative estimate of drug-likeness (QED) is 0.297. The predicted octanol–water partition coefficient (Wildman–Crippen LogP) is 6.08. The van der Waals surface area contributed by atoms with Crippen LogP contribution in [0.3, 0.4) is 0 Å². The second-order valence-electron chi connectivity index (χ2n) is 8.16. The molecule has 34 heavy (non-hydrogen) atoms. The Kier molecular flexibility index (Phi) is 7.77. The average Bonchev–Trinajstić information content (AvgIpc) is 3.68. The van der Waals surface area contributed by atoms with Crippen LogP contribution in [0.25, 0.3) is 11.3 Å². The second kappa shape index (κ2) is 11.0. The molecule has 1 aliphatic rings. The zero-order valence-corrected chi connectivity index (χ0v) is 20.7. The van der Waals surface area contributed by atoms with Gasteiger partial charge in [-0.05, 0) is 83.4 Å². The summed E-state index contributed by atoms with van der Waals surface area (Å²) >= 11 is 3.40. The van der Waals surface area contributed by atoms with Crippen molar-refractivity contribution in [2.45, 2.75) is 38.7 Å². The van der Waals surface area contributed by atoms with Crippen LogP contribution >= 0.6 is 15.9 Å². The van der Waals surface area contributed by atoms with E-state index in [1.54, 1.807) is 18.3 Å². The van der Waals surface area contributed by atoms with Crippen LogP contribution in [0.1, 0.15) is 43.4 Å². The molecule has 1 atom stereocenters. The van der Waals surface area contributed by atoms with Crippen LogP contribution < -0.4 is 9.47 Å². The molecular weight excluding hydrogens is 503 g/mol. The van der Waals surface area contributed by atoms with Gasteiger partial charge in [0, 0.05) is 5.56 Å². The van der Waals surface area contributed by atoms with E-state index in [-0.39, 0.29) is 18.5 Å². The Balaban J connectivity index is 1.46. The van der Waals surface area contributed by atoms with Crippen molar-refractivity contribution < 1.29 is 23.4 Å². The molecule has 1 aliphatic carbocycles. The van der Waals surface area contributed by atoms with E-state index in [1.165, 1.54) is 13.2 Å². The molecule has 4 rings (SSSR count). The van der Waals surface area contributed by atoms with Gasteiger partial charge in [-0.1, -0.05) is 12.1 Å². The van der Waals surface area contributed by atoms with Crippen molar-refractivity contribution in [3.05, 3.63) is 70.3 Å². The van der Waals surface area contributed by atoms with Crippen molar-refractivity contribution in [2.24, 2.45) is 5.92 Å². The molecule has 1 fully saturated rings. The van der Waals surface area contributed by atoms with E-state index in [9.17, 15) is 9.18 Å². The van der Waals surface area contributed by atoms with Gasteiger partial charge >= 0.3 is 5.97 Å². The number of esters is 1. The number of aromatic nitrogens is 2. The van der Waals surface area contributed by atoms with Crippen LogP contribution in [0.15, 0.2) is 53.3 Å². The van der Waals surface area contributed by atoms with Crippen molar-refractivity contribution in [3.63, 3.8) is 0 Å². The Morgan fingerprint density at radius 3 is 2.74 bits per heavy atom. The lowest BCUT2D eigenvalue weighted by atomic mass is 9.91. The first-order chi connectivity index (χ1) is 16.5. The molecule has 1 unspecified atom stereocenters. The Morgan fingerprint density at radius 2 is 2.03 bits per heavy atom. The van der Waals surface area contributed by atoms with Gasteiger partial charge in [0.1, 0.15) is 34.2 Å². The maximum Gasteiger partial charge on any atom is 0.306 e. The Hall–Kier alpha value is -3.00. The van der Waals surface area contributed by atoms with Crippen molar-refractivity contribution in [2.75, 3.05) is 13.7 Å². The van der Waals surface area contributed by atoms with Crippen LogP contribution in [0.4, 0.5) is 4.39 Å². The number of carbonyl (C=O) groups excluding carboxylic acids is 1. The topological polar surface area (TPSA) is 70.5 Å². The molecule has 6 nitrogen and oxygen atoms in total. The third kappa shape index (κ3) is 5.91. The fourth-order valence-corrected chi connectivity index (χ4v) is 4.45. The third-order valence-electron chi connectivity index (χ3n) is 5.76. The molecule has 0 N–H and O–H groups in total. The number of hydrogen-bond acceptors (Lipinski definition) is 6.